The highest BCUT2D eigenvalue weighted by Gasteiger charge is 2.35. The molecule has 2 nitrogen and oxygen atoms in total. The first-order chi connectivity index (χ1) is 7.23. The van der Waals surface area contributed by atoms with Crippen molar-refractivity contribution in [2.24, 2.45) is 17.1 Å². The van der Waals surface area contributed by atoms with Crippen molar-refractivity contribution in [2.75, 3.05) is 0 Å². The van der Waals surface area contributed by atoms with Crippen molar-refractivity contribution in [3.05, 3.63) is 0 Å². The van der Waals surface area contributed by atoms with Crippen LogP contribution in [0.4, 0.5) is 13.2 Å². The first-order valence-electron chi connectivity index (χ1n) is 5.12. The number of hydrogen-bond acceptors (Lipinski definition) is 1. The van der Waals surface area contributed by atoms with Crippen molar-refractivity contribution < 1.29 is 18.0 Å². The van der Waals surface area contributed by atoms with E-state index in [2.05, 4.69) is 5.92 Å². The van der Waals surface area contributed by atoms with Crippen LogP contribution < -0.4 is 5.73 Å². The summed E-state index contributed by atoms with van der Waals surface area (Å²) < 4.78 is 35.5. The molecule has 0 heterocycles. The van der Waals surface area contributed by atoms with E-state index in [1.807, 2.05) is 0 Å². The Balaban J connectivity index is 2.55. The van der Waals surface area contributed by atoms with Gasteiger partial charge >= 0.3 is 6.18 Å². The third-order valence-corrected chi connectivity index (χ3v) is 3.10. The predicted molar refractivity (Wildman–Crippen MR) is 53.1 cm³/mol. The van der Waals surface area contributed by atoms with E-state index in [4.69, 9.17) is 5.73 Å². The molecular weight excluding hydrogens is 219 g/mol. The average molecular weight is 233 g/mol. The zero-order valence-corrected chi connectivity index (χ0v) is 9.03. The molecule has 0 aromatic carbocycles. The van der Waals surface area contributed by atoms with E-state index in [0.29, 0.717) is 25.7 Å². The summed E-state index contributed by atoms with van der Waals surface area (Å²) in [5.41, 5.74) is 4.66. The maximum absolute atomic E-state index is 11.8. The van der Waals surface area contributed by atoms with Gasteiger partial charge in [0.15, 0.2) is 0 Å². The van der Waals surface area contributed by atoms with E-state index in [-0.39, 0.29) is 11.8 Å². The Morgan fingerprint density at radius 3 is 2.25 bits per heavy atom. The van der Waals surface area contributed by atoms with Crippen LogP contribution in [0.1, 0.15) is 32.6 Å². The summed E-state index contributed by atoms with van der Waals surface area (Å²) in [6.45, 7) is 1.75. The predicted octanol–water partition coefficient (Wildman–Crippen LogP) is 2.23. The minimum atomic E-state index is -4.43. The van der Waals surface area contributed by atoms with E-state index in [9.17, 15) is 18.0 Å². The summed E-state index contributed by atoms with van der Waals surface area (Å²) in [5, 5.41) is 0. The van der Waals surface area contributed by atoms with E-state index in [1.54, 1.807) is 6.92 Å². The van der Waals surface area contributed by atoms with Gasteiger partial charge in [0.2, 0.25) is 5.91 Å². The van der Waals surface area contributed by atoms with Gasteiger partial charge < -0.3 is 5.73 Å². The minimum absolute atomic E-state index is 0.269. The van der Waals surface area contributed by atoms with Gasteiger partial charge in [0.1, 0.15) is 0 Å². The van der Waals surface area contributed by atoms with Crippen molar-refractivity contribution in [2.45, 2.75) is 38.8 Å². The van der Waals surface area contributed by atoms with Gasteiger partial charge in [-0.3, -0.25) is 4.79 Å². The second-order valence-corrected chi connectivity index (χ2v) is 4.47. The van der Waals surface area contributed by atoms with Crippen LogP contribution >= 0.6 is 0 Å². The fraction of sp³-hybridized carbons (Fsp3) is 0.727. The van der Waals surface area contributed by atoms with Crippen LogP contribution in [0.2, 0.25) is 0 Å². The quantitative estimate of drug-likeness (QED) is 0.693. The van der Waals surface area contributed by atoms with Crippen molar-refractivity contribution >= 4 is 5.91 Å². The summed E-state index contributed by atoms with van der Waals surface area (Å²) in [6, 6.07) is 0. The molecule has 1 fully saturated rings. The molecule has 0 aliphatic heterocycles. The van der Waals surface area contributed by atoms with Crippen LogP contribution in [0.25, 0.3) is 0 Å². The fourth-order valence-electron chi connectivity index (χ4n) is 1.83. The number of nitrogens with two attached hydrogens (primary N) is 1. The van der Waals surface area contributed by atoms with Gasteiger partial charge in [-0.05, 0) is 25.7 Å². The lowest BCUT2D eigenvalue weighted by atomic mass is 9.71. The smallest absolute Gasteiger partial charge is 0.369 e. The van der Waals surface area contributed by atoms with Crippen LogP contribution in [-0.2, 0) is 4.79 Å². The molecule has 90 valence electrons. The summed E-state index contributed by atoms with van der Waals surface area (Å²) in [7, 11) is 0. The second-order valence-electron chi connectivity index (χ2n) is 4.47. The van der Waals surface area contributed by atoms with E-state index in [0.717, 1.165) is 0 Å². The number of rotatable bonds is 1. The second kappa shape index (κ2) is 4.36. The molecule has 5 heteroatoms. The normalized spacial score (nSPS) is 30.4. The van der Waals surface area contributed by atoms with Gasteiger partial charge in [0.25, 0.3) is 0 Å². The number of carbonyl (C=O) groups excluding carboxylic acids is 1. The number of hydrogen-bond donors (Lipinski definition) is 1. The molecule has 16 heavy (non-hydrogen) atoms. The molecule has 0 radical (unpaired) electrons. The maximum atomic E-state index is 11.8. The first-order valence-corrected chi connectivity index (χ1v) is 5.12. The number of carbonyl (C=O) groups is 1. The molecule has 1 aliphatic rings. The molecule has 1 aliphatic carbocycles. The zero-order chi connectivity index (χ0) is 12.4. The molecule has 1 amide bonds. The molecule has 2 N–H and O–H groups in total. The van der Waals surface area contributed by atoms with Gasteiger partial charge in [-0.15, -0.1) is 0 Å². The monoisotopic (exact) mass is 233 g/mol. The van der Waals surface area contributed by atoms with E-state index >= 15 is 0 Å². The highest BCUT2D eigenvalue weighted by atomic mass is 19.4. The van der Waals surface area contributed by atoms with Crippen LogP contribution in [0, 0.1) is 23.2 Å². The van der Waals surface area contributed by atoms with Crippen LogP contribution in [0.5, 0.6) is 0 Å². The third-order valence-electron chi connectivity index (χ3n) is 3.10. The van der Waals surface area contributed by atoms with Crippen LogP contribution in [-0.4, -0.2) is 12.1 Å². The topological polar surface area (TPSA) is 43.1 Å². The Morgan fingerprint density at radius 2 is 1.88 bits per heavy atom. The molecule has 0 aromatic rings. The van der Waals surface area contributed by atoms with Gasteiger partial charge in [0.05, 0.1) is 0 Å². The molecule has 0 aromatic heterocycles. The highest BCUT2D eigenvalue weighted by Crippen LogP contribution is 2.38. The van der Waals surface area contributed by atoms with E-state index < -0.39 is 11.6 Å². The van der Waals surface area contributed by atoms with Crippen LogP contribution in [0.15, 0.2) is 0 Å². The Bertz CT molecular complexity index is 329. The molecular formula is C11H14F3NO. The molecule has 1 saturated carbocycles. The van der Waals surface area contributed by atoms with Gasteiger partial charge in [-0.1, -0.05) is 12.8 Å². The standard InChI is InChI=1S/C11H14F3NO/c1-10(9(15)16)5-2-8(3-6-10)4-7-11(12,13)14/h8H,2-3,5-6H2,1H3,(H2,15,16). The molecule has 0 atom stereocenters. The Kier molecular flexibility index (Phi) is 3.51. The number of halogens is 3. The lowest BCUT2D eigenvalue weighted by Crippen LogP contribution is -2.37. The Morgan fingerprint density at radius 1 is 1.38 bits per heavy atom. The lowest BCUT2D eigenvalue weighted by molar-refractivity contribution is -0.128. The molecule has 0 spiro atoms. The largest absolute Gasteiger partial charge is 0.457 e. The van der Waals surface area contributed by atoms with Crippen molar-refractivity contribution in [3.63, 3.8) is 0 Å². The van der Waals surface area contributed by atoms with Crippen molar-refractivity contribution in [1.82, 2.24) is 0 Å². The van der Waals surface area contributed by atoms with Gasteiger partial charge in [-0.25, -0.2) is 0 Å². The van der Waals surface area contributed by atoms with Crippen molar-refractivity contribution in [3.8, 4) is 11.8 Å². The number of amides is 1. The summed E-state index contributed by atoms with van der Waals surface area (Å²) in [5.74, 6) is 2.84. The molecule has 0 saturated heterocycles. The Hall–Kier alpha value is -1.18. The van der Waals surface area contributed by atoms with Gasteiger partial charge in [0, 0.05) is 17.3 Å². The number of alkyl halides is 3. The third kappa shape index (κ3) is 3.44. The Labute approximate surface area is 92.4 Å². The SMILES string of the molecule is CC1(C(N)=O)CCC(C#CC(F)(F)F)CC1. The molecule has 0 bridgehead atoms. The number of primary amides is 1. The van der Waals surface area contributed by atoms with Crippen LogP contribution in [0.3, 0.4) is 0 Å². The van der Waals surface area contributed by atoms with Crippen molar-refractivity contribution in [1.29, 1.82) is 0 Å². The summed E-state index contributed by atoms with van der Waals surface area (Å²) in [4.78, 5) is 11.1. The maximum Gasteiger partial charge on any atom is 0.457 e. The fourth-order valence-corrected chi connectivity index (χ4v) is 1.83. The minimum Gasteiger partial charge on any atom is -0.369 e. The summed E-state index contributed by atoms with van der Waals surface area (Å²) in [6.07, 6.45) is -2.39. The highest BCUT2D eigenvalue weighted by molar-refractivity contribution is 5.80. The lowest BCUT2D eigenvalue weighted by Gasteiger charge is -2.32. The first kappa shape index (κ1) is 12.9. The summed E-state index contributed by atoms with van der Waals surface area (Å²) >= 11 is 0. The zero-order valence-electron chi connectivity index (χ0n) is 9.03. The van der Waals surface area contributed by atoms with E-state index in [1.165, 1.54) is 5.92 Å². The molecule has 1 rings (SSSR count). The average Bonchev–Trinajstić information content (AvgIpc) is 2.15. The molecule has 0 unspecified atom stereocenters. The van der Waals surface area contributed by atoms with Gasteiger partial charge in [-0.2, -0.15) is 13.2 Å².